The molecule has 3 rings (SSSR count). The Morgan fingerprint density at radius 2 is 2.04 bits per heavy atom. The summed E-state index contributed by atoms with van der Waals surface area (Å²) in [4.78, 5) is 18.7. The Kier molecular flexibility index (Phi) is 6.61. The minimum atomic E-state index is -0.138. The van der Waals surface area contributed by atoms with Crippen molar-refractivity contribution in [2.24, 2.45) is 5.92 Å². The van der Waals surface area contributed by atoms with Crippen molar-refractivity contribution < 1.29 is 14.3 Å². The molecule has 0 spiro atoms. The number of nitrogens with one attached hydrogen (secondary N) is 2. The predicted octanol–water partition coefficient (Wildman–Crippen LogP) is 1.18. The summed E-state index contributed by atoms with van der Waals surface area (Å²) in [5, 5.41) is 6.05. The van der Waals surface area contributed by atoms with Crippen LogP contribution in [0.5, 0.6) is 0 Å². The normalized spacial score (nSPS) is 23.8. The number of amides is 2. The standard InChI is InChI=1S/C18H28N4O3/c1-14(15-2-5-19-6-3-15)21-18(23)20-12-17(16-4-9-25-13-16)22-7-10-24-11-8-22/h2-3,5-6,14,16-17H,4,7-13H2,1H3,(H2,20,21,23)/t14-,16+,17+/m0/s1. The van der Waals surface area contributed by atoms with E-state index in [1.807, 2.05) is 19.1 Å². The minimum Gasteiger partial charge on any atom is -0.381 e. The summed E-state index contributed by atoms with van der Waals surface area (Å²) in [7, 11) is 0. The molecule has 2 N–H and O–H groups in total. The van der Waals surface area contributed by atoms with Gasteiger partial charge in [0.15, 0.2) is 0 Å². The number of rotatable bonds is 6. The van der Waals surface area contributed by atoms with Gasteiger partial charge in [0, 0.05) is 50.6 Å². The molecule has 1 aromatic heterocycles. The summed E-state index contributed by atoms with van der Waals surface area (Å²) in [6.07, 6.45) is 4.53. The molecule has 0 bridgehead atoms. The highest BCUT2D eigenvalue weighted by Crippen LogP contribution is 2.22. The van der Waals surface area contributed by atoms with Crippen molar-refractivity contribution in [1.82, 2.24) is 20.5 Å². The van der Waals surface area contributed by atoms with Crippen LogP contribution in [0.1, 0.15) is 24.9 Å². The summed E-state index contributed by atoms with van der Waals surface area (Å²) in [6.45, 7) is 7.54. The fourth-order valence-electron chi connectivity index (χ4n) is 3.54. The highest BCUT2D eigenvalue weighted by Gasteiger charge is 2.31. The smallest absolute Gasteiger partial charge is 0.315 e. The Hall–Kier alpha value is -1.70. The van der Waals surface area contributed by atoms with Gasteiger partial charge in [0.1, 0.15) is 0 Å². The second-order valence-electron chi connectivity index (χ2n) is 6.70. The van der Waals surface area contributed by atoms with Crippen molar-refractivity contribution in [1.29, 1.82) is 0 Å². The van der Waals surface area contributed by atoms with E-state index < -0.39 is 0 Å². The van der Waals surface area contributed by atoms with Gasteiger partial charge in [0.2, 0.25) is 0 Å². The maximum atomic E-state index is 12.3. The first-order chi connectivity index (χ1) is 12.2. The summed E-state index contributed by atoms with van der Waals surface area (Å²) in [5.41, 5.74) is 1.04. The fourth-order valence-corrected chi connectivity index (χ4v) is 3.54. The highest BCUT2D eigenvalue weighted by atomic mass is 16.5. The second-order valence-corrected chi connectivity index (χ2v) is 6.70. The zero-order valence-electron chi connectivity index (χ0n) is 14.8. The number of carbonyl (C=O) groups excluding carboxylic acids is 1. The van der Waals surface area contributed by atoms with Gasteiger partial charge in [-0.15, -0.1) is 0 Å². The van der Waals surface area contributed by atoms with Crippen LogP contribution in [0.2, 0.25) is 0 Å². The number of carbonyl (C=O) groups is 1. The van der Waals surface area contributed by atoms with Gasteiger partial charge >= 0.3 is 6.03 Å². The van der Waals surface area contributed by atoms with Crippen LogP contribution in [0.3, 0.4) is 0 Å². The molecule has 0 aliphatic carbocycles. The lowest BCUT2D eigenvalue weighted by Crippen LogP contribution is -2.53. The van der Waals surface area contributed by atoms with Crippen LogP contribution in [0.15, 0.2) is 24.5 Å². The summed E-state index contributed by atoms with van der Waals surface area (Å²) in [5.74, 6) is 0.469. The quantitative estimate of drug-likeness (QED) is 0.807. The van der Waals surface area contributed by atoms with Crippen LogP contribution in [0, 0.1) is 5.92 Å². The lowest BCUT2D eigenvalue weighted by molar-refractivity contribution is 0.00211. The number of pyridine rings is 1. The van der Waals surface area contributed by atoms with Crippen LogP contribution in [-0.4, -0.2) is 68.0 Å². The molecule has 0 aromatic carbocycles. The van der Waals surface area contributed by atoms with Gasteiger partial charge in [0.25, 0.3) is 0 Å². The van der Waals surface area contributed by atoms with E-state index >= 15 is 0 Å². The maximum absolute atomic E-state index is 12.3. The predicted molar refractivity (Wildman–Crippen MR) is 94.3 cm³/mol. The van der Waals surface area contributed by atoms with Crippen LogP contribution < -0.4 is 10.6 Å². The molecule has 138 valence electrons. The van der Waals surface area contributed by atoms with Crippen molar-refractivity contribution in [3.05, 3.63) is 30.1 Å². The zero-order chi connectivity index (χ0) is 17.5. The van der Waals surface area contributed by atoms with Gasteiger partial charge in [0.05, 0.1) is 25.9 Å². The van der Waals surface area contributed by atoms with Gasteiger partial charge in [-0.2, -0.15) is 0 Å². The highest BCUT2D eigenvalue weighted by molar-refractivity contribution is 5.74. The largest absolute Gasteiger partial charge is 0.381 e. The molecule has 2 aliphatic heterocycles. The Bertz CT molecular complexity index is 530. The number of hydrogen-bond donors (Lipinski definition) is 2. The number of urea groups is 1. The van der Waals surface area contributed by atoms with Gasteiger partial charge in [-0.25, -0.2) is 4.79 Å². The molecule has 3 heterocycles. The van der Waals surface area contributed by atoms with E-state index in [2.05, 4.69) is 20.5 Å². The number of nitrogens with zero attached hydrogens (tertiary/aromatic N) is 2. The molecule has 1 aromatic rings. The van der Waals surface area contributed by atoms with E-state index in [9.17, 15) is 4.79 Å². The van der Waals surface area contributed by atoms with Crippen molar-refractivity contribution in [2.45, 2.75) is 25.4 Å². The summed E-state index contributed by atoms with van der Waals surface area (Å²) in [6, 6.07) is 3.93. The monoisotopic (exact) mass is 348 g/mol. The van der Waals surface area contributed by atoms with E-state index in [1.165, 1.54) is 0 Å². The minimum absolute atomic E-state index is 0.0559. The van der Waals surface area contributed by atoms with Crippen LogP contribution in [0.4, 0.5) is 4.79 Å². The Morgan fingerprint density at radius 1 is 1.28 bits per heavy atom. The van der Waals surface area contributed by atoms with Crippen molar-refractivity contribution in [3.8, 4) is 0 Å². The topological polar surface area (TPSA) is 75.7 Å². The average Bonchev–Trinajstić information content (AvgIpc) is 3.18. The van der Waals surface area contributed by atoms with Gasteiger partial charge in [-0.3, -0.25) is 9.88 Å². The molecule has 25 heavy (non-hydrogen) atoms. The average molecular weight is 348 g/mol. The number of aromatic nitrogens is 1. The number of ether oxygens (including phenoxy) is 2. The van der Waals surface area contributed by atoms with E-state index in [0.29, 0.717) is 18.5 Å². The van der Waals surface area contributed by atoms with Gasteiger partial charge in [-0.05, 0) is 31.0 Å². The van der Waals surface area contributed by atoms with E-state index in [0.717, 1.165) is 51.5 Å². The van der Waals surface area contributed by atoms with Crippen LogP contribution in [0.25, 0.3) is 0 Å². The van der Waals surface area contributed by atoms with E-state index in [-0.39, 0.29) is 12.1 Å². The first kappa shape index (κ1) is 18.1. The van der Waals surface area contributed by atoms with E-state index in [1.54, 1.807) is 12.4 Å². The molecule has 0 saturated carbocycles. The summed E-state index contributed by atoms with van der Waals surface area (Å²) < 4.78 is 11.0. The van der Waals surface area contributed by atoms with Crippen molar-refractivity contribution >= 4 is 6.03 Å². The molecular weight excluding hydrogens is 320 g/mol. The third-order valence-corrected chi connectivity index (χ3v) is 5.05. The maximum Gasteiger partial charge on any atom is 0.315 e. The van der Waals surface area contributed by atoms with Crippen LogP contribution in [-0.2, 0) is 9.47 Å². The van der Waals surface area contributed by atoms with Gasteiger partial charge < -0.3 is 20.1 Å². The van der Waals surface area contributed by atoms with Gasteiger partial charge in [-0.1, -0.05) is 0 Å². The molecule has 2 amide bonds. The Labute approximate surface area is 149 Å². The molecule has 2 aliphatic rings. The third-order valence-electron chi connectivity index (χ3n) is 5.05. The van der Waals surface area contributed by atoms with Crippen LogP contribution >= 0.6 is 0 Å². The molecule has 3 atom stereocenters. The summed E-state index contributed by atoms with van der Waals surface area (Å²) >= 11 is 0. The molecule has 2 fully saturated rings. The number of morpholine rings is 1. The lowest BCUT2D eigenvalue weighted by atomic mass is 9.97. The first-order valence-corrected chi connectivity index (χ1v) is 9.08. The first-order valence-electron chi connectivity index (χ1n) is 9.08. The molecular formula is C18H28N4O3. The zero-order valence-corrected chi connectivity index (χ0v) is 14.8. The molecule has 2 saturated heterocycles. The van der Waals surface area contributed by atoms with E-state index in [4.69, 9.17) is 9.47 Å². The lowest BCUT2D eigenvalue weighted by Gasteiger charge is -2.37. The van der Waals surface area contributed by atoms with Crippen molar-refractivity contribution in [3.63, 3.8) is 0 Å². The Balaban J connectivity index is 1.52. The SMILES string of the molecule is C[C@H](NC(=O)NC[C@H]([C@@H]1CCOC1)N1CCOCC1)c1ccncc1. The Morgan fingerprint density at radius 3 is 2.72 bits per heavy atom. The van der Waals surface area contributed by atoms with Crippen molar-refractivity contribution in [2.75, 3.05) is 46.1 Å². The number of hydrogen-bond acceptors (Lipinski definition) is 5. The molecule has 7 heteroatoms. The second kappa shape index (κ2) is 9.12. The molecule has 0 unspecified atom stereocenters. The molecule has 7 nitrogen and oxygen atoms in total. The third kappa shape index (κ3) is 5.14. The fraction of sp³-hybridized carbons (Fsp3) is 0.667. The molecule has 0 radical (unpaired) electrons.